The van der Waals surface area contributed by atoms with Crippen LogP contribution in [-0.2, 0) is 14.3 Å². The van der Waals surface area contributed by atoms with Gasteiger partial charge in [-0.25, -0.2) is 0 Å². The molecule has 0 aromatic heterocycles. The number of Topliss-reactive ketones (excluding diaryl/α,β-unsaturated/α-hetero) is 1. The first kappa shape index (κ1) is 12.6. The van der Waals surface area contributed by atoms with Gasteiger partial charge >= 0.3 is 5.97 Å². The Bertz CT molecular complexity index is 323. The van der Waals surface area contributed by atoms with Crippen LogP contribution in [0.25, 0.3) is 0 Å². The first-order valence-corrected chi connectivity index (χ1v) is 6.75. The largest absolute Gasteiger partial charge is 0.465 e. The van der Waals surface area contributed by atoms with E-state index in [2.05, 4.69) is 13.8 Å². The van der Waals surface area contributed by atoms with Gasteiger partial charge in [0.25, 0.3) is 0 Å². The van der Waals surface area contributed by atoms with Gasteiger partial charge in [0.15, 0.2) is 0 Å². The maximum absolute atomic E-state index is 12.1. The molecule has 1 aliphatic carbocycles. The van der Waals surface area contributed by atoms with Crippen molar-refractivity contribution in [3.8, 4) is 0 Å². The summed E-state index contributed by atoms with van der Waals surface area (Å²) in [5.74, 6) is 0.903. The lowest BCUT2D eigenvalue weighted by atomic mass is 9.61. The van der Waals surface area contributed by atoms with Crippen molar-refractivity contribution in [2.24, 2.45) is 29.6 Å². The van der Waals surface area contributed by atoms with E-state index in [1.807, 2.05) is 6.92 Å². The van der Waals surface area contributed by atoms with Crippen molar-refractivity contribution >= 4 is 11.8 Å². The molecule has 1 saturated heterocycles. The number of carbonyl (C=O) groups excluding carboxylic acids is 2. The quantitative estimate of drug-likeness (QED) is 0.694. The van der Waals surface area contributed by atoms with Gasteiger partial charge in [-0.15, -0.1) is 0 Å². The predicted molar refractivity (Wildman–Crippen MR) is 64.3 cm³/mol. The molecule has 0 aromatic rings. The first-order chi connectivity index (χ1) is 8.06. The summed E-state index contributed by atoms with van der Waals surface area (Å²) < 4.78 is 5.24. The molecule has 0 spiro atoms. The molecule has 1 saturated carbocycles. The fourth-order valence-electron chi connectivity index (χ4n) is 3.58. The van der Waals surface area contributed by atoms with Gasteiger partial charge in [-0.1, -0.05) is 20.8 Å². The summed E-state index contributed by atoms with van der Waals surface area (Å²) in [6.45, 7) is 6.65. The highest BCUT2D eigenvalue weighted by Gasteiger charge is 2.49. The summed E-state index contributed by atoms with van der Waals surface area (Å²) >= 11 is 0. The predicted octanol–water partition coefficient (Wildman–Crippen LogP) is 2.44. The lowest BCUT2D eigenvalue weighted by Crippen LogP contribution is -2.49. The van der Waals surface area contributed by atoms with E-state index in [9.17, 15) is 9.59 Å². The molecule has 17 heavy (non-hydrogen) atoms. The summed E-state index contributed by atoms with van der Waals surface area (Å²) in [4.78, 5) is 24.1. The fraction of sp³-hybridized carbons (Fsp3) is 0.857. The Morgan fingerprint density at radius 3 is 2.65 bits per heavy atom. The molecule has 0 amide bonds. The maximum atomic E-state index is 12.1. The Morgan fingerprint density at radius 2 is 2.00 bits per heavy atom. The van der Waals surface area contributed by atoms with Crippen LogP contribution in [0.3, 0.4) is 0 Å². The second-order valence-electron chi connectivity index (χ2n) is 5.70. The first-order valence-electron chi connectivity index (χ1n) is 6.75. The molecule has 3 heteroatoms. The molecule has 5 atom stereocenters. The van der Waals surface area contributed by atoms with E-state index in [-0.39, 0.29) is 23.6 Å². The summed E-state index contributed by atoms with van der Waals surface area (Å²) in [7, 11) is 0. The molecule has 5 unspecified atom stereocenters. The van der Waals surface area contributed by atoms with Crippen LogP contribution in [0.2, 0.25) is 0 Å². The van der Waals surface area contributed by atoms with Crippen LogP contribution < -0.4 is 0 Å². The SMILES string of the molecule is CCC(=O)C1C(C)CCC2C(C)COC(=O)C21. The fourth-order valence-corrected chi connectivity index (χ4v) is 3.58. The molecule has 0 aromatic carbocycles. The second-order valence-corrected chi connectivity index (χ2v) is 5.70. The molecular formula is C14H22O3. The minimum Gasteiger partial charge on any atom is -0.465 e. The smallest absolute Gasteiger partial charge is 0.309 e. The molecule has 2 rings (SSSR count). The highest BCUT2D eigenvalue weighted by molar-refractivity contribution is 5.87. The van der Waals surface area contributed by atoms with Gasteiger partial charge in [0.1, 0.15) is 5.78 Å². The van der Waals surface area contributed by atoms with Gasteiger partial charge in [-0.2, -0.15) is 0 Å². The number of hydrogen-bond acceptors (Lipinski definition) is 3. The molecule has 2 fully saturated rings. The van der Waals surface area contributed by atoms with E-state index in [0.717, 1.165) is 12.8 Å². The lowest BCUT2D eigenvalue weighted by molar-refractivity contribution is -0.171. The van der Waals surface area contributed by atoms with Crippen LogP contribution >= 0.6 is 0 Å². The molecular weight excluding hydrogens is 216 g/mol. The monoisotopic (exact) mass is 238 g/mol. The van der Waals surface area contributed by atoms with E-state index in [1.165, 1.54) is 0 Å². The zero-order chi connectivity index (χ0) is 12.6. The maximum Gasteiger partial charge on any atom is 0.309 e. The van der Waals surface area contributed by atoms with E-state index >= 15 is 0 Å². The summed E-state index contributed by atoms with van der Waals surface area (Å²) in [6.07, 6.45) is 2.66. The number of carbonyl (C=O) groups is 2. The van der Waals surface area contributed by atoms with E-state index in [0.29, 0.717) is 30.8 Å². The number of hydrogen-bond donors (Lipinski definition) is 0. The second kappa shape index (κ2) is 4.79. The average Bonchev–Trinajstić information content (AvgIpc) is 2.33. The van der Waals surface area contributed by atoms with E-state index in [1.54, 1.807) is 0 Å². The zero-order valence-corrected chi connectivity index (χ0v) is 10.9. The molecule has 1 heterocycles. The highest BCUT2D eigenvalue weighted by atomic mass is 16.5. The Hall–Kier alpha value is -0.860. The van der Waals surface area contributed by atoms with Crippen molar-refractivity contribution in [2.45, 2.75) is 40.0 Å². The van der Waals surface area contributed by atoms with E-state index in [4.69, 9.17) is 4.74 Å². The van der Waals surface area contributed by atoms with Gasteiger partial charge in [0.05, 0.1) is 12.5 Å². The molecule has 0 N–H and O–H groups in total. The summed E-state index contributed by atoms with van der Waals surface area (Å²) in [5, 5.41) is 0. The van der Waals surface area contributed by atoms with Crippen molar-refractivity contribution in [3.63, 3.8) is 0 Å². The number of fused-ring (bicyclic) bond motifs is 1. The van der Waals surface area contributed by atoms with Gasteiger partial charge in [-0.05, 0) is 30.6 Å². The molecule has 0 bridgehead atoms. The summed E-state index contributed by atoms with van der Waals surface area (Å²) in [6, 6.07) is 0. The van der Waals surface area contributed by atoms with Crippen LogP contribution in [0.15, 0.2) is 0 Å². The standard InChI is InChI=1S/C14H22O3/c1-4-11(15)12-8(2)5-6-10-9(3)7-17-14(16)13(10)12/h8-10,12-13H,4-7H2,1-3H3. The van der Waals surface area contributed by atoms with Gasteiger partial charge in [0.2, 0.25) is 0 Å². The normalized spacial score (nSPS) is 41.6. The molecule has 3 nitrogen and oxygen atoms in total. The Labute approximate surface area is 103 Å². The third-order valence-corrected chi connectivity index (χ3v) is 4.63. The third kappa shape index (κ3) is 2.12. The minimum absolute atomic E-state index is 0.103. The number of ether oxygens (including phenoxy) is 1. The third-order valence-electron chi connectivity index (χ3n) is 4.63. The van der Waals surface area contributed by atoms with Crippen LogP contribution in [-0.4, -0.2) is 18.4 Å². The van der Waals surface area contributed by atoms with Crippen molar-refractivity contribution < 1.29 is 14.3 Å². The average molecular weight is 238 g/mol. The van der Waals surface area contributed by atoms with Crippen molar-refractivity contribution in [1.29, 1.82) is 0 Å². The van der Waals surface area contributed by atoms with Crippen LogP contribution in [0.5, 0.6) is 0 Å². The van der Waals surface area contributed by atoms with Crippen molar-refractivity contribution in [1.82, 2.24) is 0 Å². The van der Waals surface area contributed by atoms with E-state index < -0.39 is 0 Å². The summed E-state index contributed by atoms with van der Waals surface area (Å²) in [5.41, 5.74) is 0. The Kier molecular flexibility index (Phi) is 3.55. The minimum atomic E-state index is -0.171. The topological polar surface area (TPSA) is 43.4 Å². The number of ketones is 1. The lowest BCUT2D eigenvalue weighted by Gasteiger charge is -2.44. The molecule has 1 aliphatic heterocycles. The van der Waals surface area contributed by atoms with Gasteiger partial charge in [-0.3, -0.25) is 9.59 Å². The highest BCUT2D eigenvalue weighted by Crippen LogP contribution is 2.45. The van der Waals surface area contributed by atoms with Crippen LogP contribution in [0.4, 0.5) is 0 Å². The molecule has 96 valence electrons. The molecule has 0 radical (unpaired) electrons. The van der Waals surface area contributed by atoms with Gasteiger partial charge in [0, 0.05) is 12.3 Å². The number of esters is 1. The van der Waals surface area contributed by atoms with Crippen LogP contribution in [0, 0.1) is 29.6 Å². The van der Waals surface area contributed by atoms with Crippen LogP contribution in [0.1, 0.15) is 40.0 Å². The molecule has 2 aliphatic rings. The van der Waals surface area contributed by atoms with Crippen molar-refractivity contribution in [2.75, 3.05) is 6.61 Å². The Morgan fingerprint density at radius 1 is 1.29 bits per heavy atom. The number of cyclic esters (lactones) is 1. The van der Waals surface area contributed by atoms with Crippen molar-refractivity contribution in [3.05, 3.63) is 0 Å². The number of rotatable bonds is 2. The zero-order valence-electron chi connectivity index (χ0n) is 10.9. The Balaban J connectivity index is 2.28. The van der Waals surface area contributed by atoms with Gasteiger partial charge < -0.3 is 4.74 Å².